The Balaban J connectivity index is 0.000000477. The number of aromatic carboxylic acids is 2. The first-order chi connectivity index (χ1) is 17.1. The summed E-state index contributed by atoms with van der Waals surface area (Å²) in [5, 5.41) is 23.2. The molecule has 0 aromatic heterocycles. The highest BCUT2D eigenvalue weighted by molar-refractivity contribution is 6.01. The summed E-state index contributed by atoms with van der Waals surface area (Å²) in [5.74, 6) is -2.79. The van der Waals surface area contributed by atoms with E-state index in [1.165, 1.54) is 24.3 Å². The van der Waals surface area contributed by atoms with Crippen molar-refractivity contribution in [2.24, 2.45) is 11.5 Å². The summed E-state index contributed by atoms with van der Waals surface area (Å²) in [5.41, 5.74) is 13.1. The Hall–Kier alpha value is -5.17. The van der Waals surface area contributed by atoms with E-state index >= 15 is 0 Å². The average molecular weight is 486 g/mol. The molecule has 0 saturated carbocycles. The van der Waals surface area contributed by atoms with Crippen LogP contribution in [0, 0.1) is 5.41 Å². The number of rotatable bonds is 6. The van der Waals surface area contributed by atoms with Crippen molar-refractivity contribution < 1.29 is 19.8 Å². The van der Waals surface area contributed by atoms with Crippen molar-refractivity contribution in [3.05, 3.63) is 132 Å². The molecule has 7 nitrogen and oxygen atoms in total. The van der Waals surface area contributed by atoms with Gasteiger partial charge in [0.2, 0.25) is 0 Å². The first kappa shape index (κ1) is 30.8. The van der Waals surface area contributed by atoms with E-state index in [4.69, 9.17) is 15.6 Å². The van der Waals surface area contributed by atoms with Gasteiger partial charge in [-0.25, -0.2) is 9.59 Å². The third kappa shape index (κ3) is 12.8. The molecule has 7 heteroatoms. The van der Waals surface area contributed by atoms with E-state index in [-0.39, 0.29) is 17.1 Å². The number of hydrogen-bond acceptors (Lipinski definition) is 3. The van der Waals surface area contributed by atoms with Gasteiger partial charge in [0.15, 0.2) is 5.96 Å². The second-order valence-corrected chi connectivity index (χ2v) is 6.76. The van der Waals surface area contributed by atoms with Crippen LogP contribution in [0.2, 0.25) is 0 Å². The SMILES string of the molecule is C=Cc1ccc(C=C)cc1.C=Cc1ccc(C=C)cc1.N=C(N)N.O=C(O)c1ccccc1C(=O)O. The van der Waals surface area contributed by atoms with E-state index in [1.54, 1.807) is 0 Å². The van der Waals surface area contributed by atoms with Crippen molar-refractivity contribution in [1.29, 1.82) is 5.41 Å². The molecule has 0 radical (unpaired) electrons. The normalized spacial score (nSPS) is 8.67. The predicted molar refractivity (Wildman–Crippen MR) is 150 cm³/mol. The van der Waals surface area contributed by atoms with Crippen LogP contribution in [0.1, 0.15) is 43.0 Å². The van der Waals surface area contributed by atoms with Gasteiger partial charge in [0.1, 0.15) is 0 Å². The second kappa shape index (κ2) is 17.3. The lowest BCUT2D eigenvalue weighted by molar-refractivity contribution is 0.0651. The molecule has 3 rings (SSSR count). The smallest absolute Gasteiger partial charge is 0.336 e. The van der Waals surface area contributed by atoms with Crippen molar-refractivity contribution in [2.45, 2.75) is 0 Å². The lowest BCUT2D eigenvalue weighted by Crippen LogP contribution is -2.20. The molecule has 0 unspecified atom stereocenters. The van der Waals surface area contributed by atoms with E-state index in [2.05, 4.69) is 37.8 Å². The highest BCUT2D eigenvalue weighted by atomic mass is 16.4. The predicted octanol–water partition coefficient (Wildman–Crippen LogP) is 5.87. The minimum absolute atomic E-state index is 0.190. The van der Waals surface area contributed by atoms with Crippen molar-refractivity contribution in [3.63, 3.8) is 0 Å². The molecular weight excluding hydrogens is 454 g/mol. The molecule has 0 saturated heterocycles. The number of hydrogen-bond donors (Lipinski definition) is 5. The molecule has 0 aliphatic rings. The molecule has 0 aliphatic carbocycles. The number of carbonyl (C=O) groups is 2. The van der Waals surface area contributed by atoms with E-state index in [9.17, 15) is 9.59 Å². The van der Waals surface area contributed by atoms with Gasteiger partial charge in [0.05, 0.1) is 11.1 Å². The lowest BCUT2D eigenvalue weighted by Gasteiger charge is -1.98. The van der Waals surface area contributed by atoms with E-state index in [1.807, 2.05) is 72.8 Å². The van der Waals surface area contributed by atoms with Crippen LogP contribution in [0.5, 0.6) is 0 Å². The van der Waals surface area contributed by atoms with Gasteiger partial charge >= 0.3 is 11.9 Å². The van der Waals surface area contributed by atoms with E-state index in [0.29, 0.717) is 0 Å². The van der Waals surface area contributed by atoms with Gasteiger partial charge in [-0.15, -0.1) is 0 Å². The van der Waals surface area contributed by atoms with Crippen molar-refractivity contribution in [2.75, 3.05) is 0 Å². The summed E-state index contributed by atoms with van der Waals surface area (Å²) < 4.78 is 0. The van der Waals surface area contributed by atoms with Crippen LogP contribution < -0.4 is 11.5 Å². The largest absolute Gasteiger partial charge is 0.478 e. The number of benzene rings is 3. The molecule has 3 aromatic rings. The summed E-state index contributed by atoms with van der Waals surface area (Å²) in [6.07, 6.45) is 7.31. The highest BCUT2D eigenvalue weighted by Crippen LogP contribution is 2.08. The van der Waals surface area contributed by atoms with Crippen molar-refractivity contribution in [3.8, 4) is 0 Å². The summed E-state index contributed by atoms with van der Waals surface area (Å²) in [4.78, 5) is 20.9. The molecule has 0 spiro atoms. The molecule has 186 valence electrons. The average Bonchev–Trinajstić information content (AvgIpc) is 2.89. The third-order valence-electron chi connectivity index (χ3n) is 4.20. The van der Waals surface area contributed by atoms with Crippen LogP contribution in [0.4, 0.5) is 0 Å². The monoisotopic (exact) mass is 485 g/mol. The maximum atomic E-state index is 10.5. The lowest BCUT2D eigenvalue weighted by atomic mass is 10.1. The fourth-order valence-electron chi connectivity index (χ4n) is 2.39. The van der Waals surface area contributed by atoms with Gasteiger partial charge in [0, 0.05) is 0 Å². The first-order valence-corrected chi connectivity index (χ1v) is 10.4. The Kier molecular flexibility index (Phi) is 14.8. The van der Waals surface area contributed by atoms with E-state index < -0.39 is 11.9 Å². The molecular formula is C29H31N3O4. The second-order valence-electron chi connectivity index (χ2n) is 6.76. The van der Waals surface area contributed by atoms with E-state index in [0.717, 1.165) is 22.3 Å². The van der Waals surface area contributed by atoms with Crippen LogP contribution in [0.15, 0.2) is 99.1 Å². The number of carboxylic acid groups (broad SMARTS) is 2. The Bertz CT molecular complexity index is 1040. The molecule has 0 heterocycles. The molecule has 3 aromatic carbocycles. The van der Waals surface area contributed by atoms with Gasteiger partial charge in [-0.05, 0) is 34.4 Å². The van der Waals surface area contributed by atoms with Gasteiger partial charge in [-0.2, -0.15) is 0 Å². The Morgan fingerprint density at radius 1 is 0.583 bits per heavy atom. The van der Waals surface area contributed by atoms with Crippen LogP contribution >= 0.6 is 0 Å². The van der Waals surface area contributed by atoms with Crippen LogP contribution in [-0.2, 0) is 0 Å². The Morgan fingerprint density at radius 2 is 0.778 bits per heavy atom. The Labute approximate surface area is 211 Å². The molecule has 0 aliphatic heterocycles. The topological polar surface area (TPSA) is 150 Å². The van der Waals surface area contributed by atoms with Crippen molar-refractivity contribution in [1.82, 2.24) is 0 Å². The van der Waals surface area contributed by atoms with Crippen LogP contribution in [0.3, 0.4) is 0 Å². The fraction of sp³-hybridized carbons (Fsp3) is 0. The summed E-state index contributed by atoms with van der Waals surface area (Å²) >= 11 is 0. The molecule has 0 amide bonds. The van der Waals surface area contributed by atoms with Crippen molar-refractivity contribution >= 4 is 42.2 Å². The number of nitrogens with one attached hydrogen (secondary N) is 1. The number of carboxylic acids is 2. The molecule has 0 fully saturated rings. The summed E-state index contributed by atoms with van der Waals surface area (Å²) in [6.45, 7) is 14.6. The molecule has 0 bridgehead atoms. The van der Waals surface area contributed by atoms with Crippen LogP contribution in [0.25, 0.3) is 24.3 Å². The highest BCUT2D eigenvalue weighted by Gasteiger charge is 2.13. The number of guanidine groups is 1. The minimum atomic E-state index is -1.23. The zero-order chi connectivity index (χ0) is 27.5. The molecule has 7 N–H and O–H groups in total. The Morgan fingerprint density at radius 3 is 0.917 bits per heavy atom. The van der Waals surface area contributed by atoms with Gasteiger partial charge in [-0.1, -0.05) is 111 Å². The van der Waals surface area contributed by atoms with Gasteiger partial charge < -0.3 is 21.7 Å². The maximum Gasteiger partial charge on any atom is 0.336 e. The first-order valence-electron chi connectivity index (χ1n) is 10.4. The van der Waals surface area contributed by atoms with Crippen LogP contribution in [-0.4, -0.2) is 28.1 Å². The fourth-order valence-corrected chi connectivity index (χ4v) is 2.39. The number of nitrogens with two attached hydrogens (primary N) is 2. The maximum absolute atomic E-state index is 10.5. The van der Waals surface area contributed by atoms with Gasteiger partial charge in [-0.3, -0.25) is 5.41 Å². The third-order valence-corrected chi connectivity index (χ3v) is 4.20. The standard InChI is InChI=1S/2C10H10.C8H6O4.CH5N3/c2*1-3-9-5-7-10(4-2)8-6-9;9-7(10)5-3-1-2-4-6(5)8(11)12;2-1(3)4/h2*3-8H,1-2H2;1-4H,(H,9,10)(H,11,12);(H5,2,3,4). The quantitative estimate of drug-likeness (QED) is 0.218. The summed E-state index contributed by atoms with van der Waals surface area (Å²) in [6, 6.07) is 21.6. The molecule has 0 atom stereocenters. The zero-order valence-electron chi connectivity index (χ0n) is 19.9. The zero-order valence-corrected chi connectivity index (χ0v) is 19.9. The summed E-state index contributed by atoms with van der Waals surface area (Å²) in [7, 11) is 0. The van der Waals surface area contributed by atoms with Gasteiger partial charge in [0.25, 0.3) is 0 Å². The molecule has 36 heavy (non-hydrogen) atoms. The minimum Gasteiger partial charge on any atom is -0.478 e.